The van der Waals surface area contributed by atoms with Gasteiger partial charge in [-0.25, -0.2) is 0 Å². The summed E-state index contributed by atoms with van der Waals surface area (Å²) in [6.45, 7) is 4.85. The lowest BCUT2D eigenvalue weighted by molar-refractivity contribution is 0.130. The van der Waals surface area contributed by atoms with Crippen LogP contribution in [0.25, 0.3) is 0 Å². The van der Waals surface area contributed by atoms with Crippen LogP contribution in [0.4, 0.5) is 0 Å². The van der Waals surface area contributed by atoms with E-state index in [0.717, 1.165) is 17.7 Å². The molecule has 76 valence electrons. The molecule has 0 saturated heterocycles. The first kappa shape index (κ1) is 9.53. The maximum absolute atomic E-state index is 5.90. The summed E-state index contributed by atoms with van der Waals surface area (Å²) in [7, 11) is 1.71. The summed E-state index contributed by atoms with van der Waals surface area (Å²) in [5.41, 5.74) is 2.38. The van der Waals surface area contributed by atoms with Gasteiger partial charge in [0.1, 0.15) is 11.4 Å². The molecule has 1 heterocycles. The molecule has 0 bridgehead atoms. The van der Waals surface area contributed by atoms with E-state index in [0.29, 0.717) is 6.61 Å². The minimum atomic E-state index is -0.0633. The van der Waals surface area contributed by atoms with Crippen LogP contribution in [0.5, 0.6) is 5.75 Å². The van der Waals surface area contributed by atoms with Gasteiger partial charge >= 0.3 is 0 Å². The molecule has 2 nitrogen and oxygen atoms in total. The van der Waals surface area contributed by atoms with Crippen molar-refractivity contribution in [3.8, 4) is 5.75 Å². The number of benzene rings is 1. The molecule has 0 radical (unpaired) electrons. The number of para-hydroxylation sites is 1. The van der Waals surface area contributed by atoms with Crippen LogP contribution in [-0.2, 0) is 17.8 Å². The van der Waals surface area contributed by atoms with Crippen LogP contribution in [-0.4, -0.2) is 12.7 Å². The summed E-state index contributed by atoms with van der Waals surface area (Å²) in [5, 5.41) is 0. The number of hydrogen-bond donors (Lipinski definition) is 0. The number of methoxy groups -OCH3 is 1. The molecule has 14 heavy (non-hydrogen) atoms. The van der Waals surface area contributed by atoms with Crippen LogP contribution in [0.2, 0.25) is 0 Å². The van der Waals surface area contributed by atoms with Gasteiger partial charge in [0, 0.05) is 19.1 Å². The van der Waals surface area contributed by atoms with Crippen molar-refractivity contribution in [1.29, 1.82) is 0 Å². The Bertz CT molecular complexity index is 342. The molecule has 1 aromatic rings. The third-order valence-corrected chi connectivity index (χ3v) is 2.47. The number of hydrogen-bond acceptors (Lipinski definition) is 2. The minimum Gasteiger partial charge on any atom is -0.487 e. The van der Waals surface area contributed by atoms with Gasteiger partial charge in [0.05, 0.1) is 6.61 Å². The van der Waals surface area contributed by atoms with Crippen LogP contribution >= 0.6 is 0 Å². The van der Waals surface area contributed by atoms with Crippen molar-refractivity contribution in [2.45, 2.75) is 32.5 Å². The predicted molar refractivity (Wildman–Crippen MR) is 55.6 cm³/mol. The summed E-state index contributed by atoms with van der Waals surface area (Å²) in [5.74, 6) is 1.03. The summed E-state index contributed by atoms with van der Waals surface area (Å²) in [4.78, 5) is 0. The summed E-state index contributed by atoms with van der Waals surface area (Å²) < 4.78 is 11.0. The Balaban J connectivity index is 2.36. The third kappa shape index (κ3) is 1.62. The van der Waals surface area contributed by atoms with E-state index in [-0.39, 0.29) is 5.60 Å². The van der Waals surface area contributed by atoms with Crippen LogP contribution in [0.3, 0.4) is 0 Å². The van der Waals surface area contributed by atoms with E-state index >= 15 is 0 Å². The van der Waals surface area contributed by atoms with Crippen molar-refractivity contribution >= 4 is 0 Å². The Morgan fingerprint density at radius 3 is 2.93 bits per heavy atom. The average Bonchev–Trinajstić information content (AvgIpc) is 2.41. The molecule has 0 atom stereocenters. The van der Waals surface area contributed by atoms with Gasteiger partial charge in [-0.3, -0.25) is 0 Å². The molecule has 0 aromatic heterocycles. The lowest BCUT2D eigenvalue weighted by Crippen LogP contribution is -2.24. The summed E-state index contributed by atoms with van der Waals surface area (Å²) >= 11 is 0. The molecule has 0 spiro atoms. The van der Waals surface area contributed by atoms with E-state index in [1.165, 1.54) is 5.56 Å². The fraction of sp³-hybridized carbons (Fsp3) is 0.500. The van der Waals surface area contributed by atoms with Gasteiger partial charge in [0.15, 0.2) is 0 Å². The van der Waals surface area contributed by atoms with Crippen molar-refractivity contribution in [3.05, 3.63) is 29.3 Å². The fourth-order valence-corrected chi connectivity index (χ4v) is 1.95. The normalized spacial score (nSPS) is 17.6. The van der Waals surface area contributed by atoms with Crippen molar-refractivity contribution in [3.63, 3.8) is 0 Å². The Kier molecular flexibility index (Phi) is 2.23. The highest BCUT2D eigenvalue weighted by Crippen LogP contribution is 2.37. The molecule has 0 N–H and O–H groups in total. The summed E-state index contributed by atoms with van der Waals surface area (Å²) in [6, 6.07) is 6.25. The topological polar surface area (TPSA) is 18.5 Å². The third-order valence-electron chi connectivity index (χ3n) is 2.47. The van der Waals surface area contributed by atoms with Crippen molar-refractivity contribution in [2.75, 3.05) is 7.11 Å². The van der Waals surface area contributed by atoms with E-state index in [1.807, 2.05) is 0 Å². The summed E-state index contributed by atoms with van der Waals surface area (Å²) in [6.07, 6.45) is 0.986. The maximum Gasteiger partial charge on any atom is 0.128 e. The molecule has 1 aromatic carbocycles. The van der Waals surface area contributed by atoms with E-state index < -0.39 is 0 Å². The van der Waals surface area contributed by atoms with Gasteiger partial charge in [0.2, 0.25) is 0 Å². The van der Waals surface area contributed by atoms with Gasteiger partial charge in [-0.15, -0.1) is 0 Å². The average molecular weight is 192 g/mol. The molecule has 0 aliphatic carbocycles. The highest BCUT2D eigenvalue weighted by molar-refractivity contribution is 5.45. The maximum atomic E-state index is 5.90. The monoisotopic (exact) mass is 192 g/mol. The van der Waals surface area contributed by atoms with Gasteiger partial charge in [-0.05, 0) is 19.4 Å². The second kappa shape index (κ2) is 3.28. The first-order valence-electron chi connectivity index (χ1n) is 4.91. The molecule has 2 heteroatoms. The molecule has 2 rings (SSSR count). The van der Waals surface area contributed by atoms with Gasteiger partial charge in [-0.2, -0.15) is 0 Å². The van der Waals surface area contributed by atoms with Gasteiger partial charge < -0.3 is 9.47 Å². The quantitative estimate of drug-likeness (QED) is 0.717. The van der Waals surface area contributed by atoms with Crippen LogP contribution in [0.15, 0.2) is 18.2 Å². The predicted octanol–water partition coefficient (Wildman–Crippen LogP) is 2.55. The zero-order valence-corrected chi connectivity index (χ0v) is 8.96. The molecule has 0 saturated carbocycles. The molecule has 1 aliphatic heterocycles. The number of fused-ring (bicyclic) bond motifs is 1. The number of rotatable bonds is 2. The Morgan fingerprint density at radius 1 is 1.43 bits per heavy atom. The number of ether oxygens (including phenoxy) is 2. The second-order valence-electron chi connectivity index (χ2n) is 4.38. The highest BCUT2D eigenvalue weighted by Gasteiger charge is 2.31. The highest BCUT2D eigenvalue weighted by atomic mass is 16.5. The van der Waals surface area contributed by atoms with Crippen molar-refractivity contribution in [1.82, 2.24) is 0 Å². The zero-order chi connectivity index (χ0) is 10.2. The Labute approximate surface area is 84.8 Å². The van der Waals surface area contributed by atoms with Gasteiger partial charge in [0.25, 0.3) is 0 Å². The zero-order valence-electron chi connectivity index (χ0n) is 8.96. The van der Waals surface area contributed by atoms with Crippen LogP contribution < -0.4 is 4.74 Å². The molecular formula is C12H16O2. The van der Waals surface area contributed by atoms with Crippen molar-refractivity contribution in [2.24, 2.45) is 0 Å². The van der Waals surface area contributed by atoms with Crippen LogP contribution in [0, 0.1) is 0 Å². The van der Waals surface area contributed by atoms with Crippen LogP contribution in [0.1, 0.15) is 25.0 Å². The smallest absolute Gasteiger partial charge is 0.128 e. The second-order valence-corrected chi connectivity index (χ2v) is 4.38. The fourth-order valence-electron chi connectivity index (χ4n) is 1.95. The molecule has 0 amide bonds. The molecule has 0 fully saturated rings. The lowest BCUT2D eigenvalue weighted by Gasteiger charge is -2.18. The van der Waals surface area contributed by atoms with E-state index in [9.17, 15) is 0 Å². The largest absolute Gasteiger partial charge is 0.487 e. The van der Waals surface area contributed by atoms with E-state index in [2.05, 4.69) is 32.0 Å². The SMILES string of the molecule is COCc1cccc2c1OC(C)(C)C2. The van der Waals surface area contributed by atoms with Crippen molar-refractivity contribution < 1.29 is 9.47 Å². The standard InChI is InChI=1S/C12H16O2/c1-12(2)7-9-5-4-6-10(8-13-3)11(9)14-12/h4-6H,7-8H2,1-3H3. The van der Waals surface area contributed by atoms with Gasteiger partial charge in [-0.1, -0.05) is 18.2 Å². The van der Waals surface area contributed by atoms with E-state index in [1.54, 1.807) is 7.11 Å². The molecule has 1 aliphatic rings. The lowest BCUT2D eigenvalue weighted by atomic mass is 10.0. The first-order valence-corrected chi connectivity index (χ1v) is 4.91. The van der Waals surface area contributed by atoms with E-state index in [4.69, 9.17) is 9.47 Å². The molecule has 0 unspecified atom stereocenters. The Morgan fingerprint density at radius 2 is 2.21 bits per heavy atom. The minimum absolute atomic E-state index is 0.0633. The Hall–Kier alpha value is -1.02. The molecular weight excluding hydrogens is 176 g/mol. The first-order chi connectivity index (χ1) is 6.62.